The predicted molar refractivity (Wildman–Crippen MR) is 114 cm³/mol. The monoisotopic (exact) mass is 447 g/mol. The number of aromatic nitrogens is 2. The first-order valence-electron chi connectivity index (χ1n) is 10.2. The molecule has 0 saturated heterocycles. The molecule has 5 rings (SSSR count). The largest absolute Gasteiger partial charge is 0.398 e. The summed E-state index contributed by atoms with van der Waals surface area (Å²) in [6.45, 7) is 4.40. The minimum Gasteiger partial charge on any atom is -0.360 e. The first kappa shape index (κ1) is 20.3. The predicted octanol–water partition coefficient (Wildman–Crippen LogP) is 5.50. The van der Waals surface area contributed by atoms with Crippen LogP contribution in [-0.4, -0.2) is 33.8 Å². The molecule has 1 fully saturated rings. The van der Waals surface area contributed by atoms with E-state index in [0.717, 1.165) is 41.3 Å². The Hall–Kier alpha value is -2.61. The fourth-order valence-corrected chi connectivity index (χ4v) is 4.52. The lowest BCUT2D eigenvalue weighted by Gasteiger charge is -2.29. The second-order valence-corrected chi connectivity index (χ2v) is 8.65. The van der Waals surface area contributed by atoms with Crippen LogP contribution in [0.3, 0.4) is 0 Å². The van der Waals surface area contributed by atoms with Gasteiger partial charge in [-0.05, 0) is 55.5 Å². The van der Waals surface area contributed by atoms with E-state index in [1.807, 2.05) is 19.1 Å². The van der Waals surface area contributed by atoms with Gasteiger partial charge in [-0.25, -0.2) is 15.0 Å². The summed E-state index contributed by atoms with van der Waals surface area (Å²) >= 11 is 6.37. The number of rotatable bonds is 3. The molecule has 2 aromatic rings. The Morgan fingerprint density at radius 3 is 2.65 bits per heavy atom. The SMILES string of the molecule is Cc1cc(C(C)N2Cc3c(ccnc3Cl)C2=C2CC2)cnc1N1CC(C(F)(F)F)C=N1. The maximum absolute atomic E-state index is 13.0. The number of hydrogen-bond acceptors (Lipinski definition) is 5. The Morgan fingerprint density at radius 1 is 1.23 bits per heavy atom. The average molecular weight is 448 g/mol. The van der Waals surface area contributed by atoms with E-state index >= 15 is 0 Å². The Balaban J connectivity index is 1.41. The van der Waals surface area contributed by atoms with Crippen LogP contribution in [0.2, 0.25) is 5.15 Å². The van der Waals surface area contributed by atoms with Crippen molar-refractivity contribution >= 4 is 29.3 Å². The minimum absolute atomic E-state index is 0.0248. The van der Waals surface area contributed by atoms with E-state index < -0.39 is 12.1 Å². The summed E-state index contributed by atoms with van der Waals surface area (Å²) in [7, 11) is 0. The number of alkyl halides is 3. The molecular formula is C22H21ClF3N5. The van der Waals surface area contributed by atoms with Gasteiger partial charge in [-0.15, -0.1) is 0 Å². The molecule has 0 radical (unpaired) electrons. The summed E-state index contributed by atoms with van der Waals surface area (Å²) in [5.74, 6) is -1.11. The van der Waals surface area contributed by atoms with Crippen LogP contribution in [0.25, 0.3) is 5.70 Å². The Morgan fingerprint density at radius 2 is 2.00 bits per heavy atom. The topological polar surface area (TPSA) is 44.6 Å². The van der Waals surface area contributed by atoms with Crippen molar-refractivity contribution in [3.63, 3.8) is 0 Å². The quantitative estimate of drug-likeness (QED) is 0.582. The van der Waals surface area contributed by atoms with Crippen LogP contribution in [0.4, 0.5) is 19.0 Å². The average Bonchev–Trinajstić information content (AvgIpc) is 3.28. The van der Waals surface area contributed by atoms with Gasteiger partial charge in [0.05, 0.1) is 12.6 Å². The molecule has 2 aliphatic heterocycles. The number of fused-ring (bicyclic) bond motifs is 1. The van der Waals surface area contributed by atoms with Crippen molar-refractivity contribution in [2.75, 3.05) is 11.6 Å². The van der Waals surface area contributed by atoms with Gasteiger partial charge in [0.2, 0.25) is 0 Å². The van der Waals surface area contributed by atoms with E-state index in [9.17, 15) is 13.2 Å². The van der Waals surface area contributed by atoms with Crippen molar-refractivity contribution in [2.24, 2.45) is 11.0 Å². The van der Waals surface area contributed by atoms with Crippen LogP contribution in [-0.2, 0) is 6.54 Å². The molecule has 0 bridgehead atoms. The Labute approximate surface area is 183 Å². The van der Waals surface area contributed by atoms with Crippen LogP contribution in [0, 0.1) is 12.8 Å². The van der Waals surface area contributed by atoms with Gasteiger partial charge >= 0.3 is 6.18 Å². The van der Waals surface area contributed by atoms with E-state index in [0.29, 0.717) is 17.5 Å². The highest BCUT2D eigenvalue weighted by atomic mass is 35.5. The third-order valence-corrected chi connectivity index (χ3v) is 6.48. The van der Waals surface area contributed by atoms with Gasteiger partial charge in [-0.3, -0.25) is 0 Å². The number of anilines is 1. The zero-order valence-electron chi connectivity index (χ0n) is 17.1. The summed E-state index contributed by atoms with van der Waals surface area (Å²) < 4.78 is 38.9. The highest BCUT2D eigenvalue weighted by molar-refractivity contribution is 6.30. The van der Waals surface area contributed by atoms with Gasteiger partial charge in [0.15, 0.2) is 5.82 Å². The van der Waals surface area contributed by atoms with Gasteiger partial charge in [-0.1, -0.05) is 11.6 Å². The van der Waals surface area contributed by atoms with Crippen molar-refractivity contribution < 1.29 is 13.2 Å². The number of allylic oxidation sites excluding steroid dienone is 1. The number of halogens is 4. The van der Waals surface area contributed by atoms with Gasteiger partial charge in [-0.2, -0.15) is 18.3 Å². The van der Waals surface area contributed by atoms with Crippen molar-refractivity contribution in [1.82, 2.24) is 14.9 Å². The third kappa shape index (κ3) is 3.56. The van der Waals surface area contributed by atoms with Gasteiger partial charge in [0.25, 0.3) is 0 Å². The van der Waals surface area contributed by atoms with Crippen LogP contribution >= 0.6 is 11.6 Å². The van der Waals surface area contributed by atoms with E-state index in [1.165, 1.54) is 16.3 Å². The molecule has 4 heterocycles. The minimum atomic E-state index is -4.30. The molecule has 2 aromatic heterocycles. The summed E-state index contributed by atoms with van der Waals surface area (Å²) in [6, 6.07) is 4.03. The molecule has 9 heteroatoms. The maximum Gasteiger partial charge on any atom is 0.398 e. The highest BCUT2D eigenvalue weighted by Gasteiger charge is 2.43. The molecule has 0 amide bonds. The van der Waals surface area contributed by atoms with E-state index in [4.69, 9.17) is 11.6 Å². The smallest absolute Gasteiger partial charge is 0.360 e. The summed E-state index contributed by atoms with van der Waals surface area (Å²) in [4.78, 5) is 11.0. The van der Waals surface area contributed by atoms with Crippen molar-refractivity contribution in [1.29, 1.82) is 0 Å². The zero-order valence-corrected chi connectivity index (χ0v) is 17.9. The first-order chi connectivity index (χ1) is 14.7. The molecule has 31 heavy (non-hydrogen) atoms. The lowest BCUT2D eigenvalue weighted by Crippen LogP contribution is -2.30. The first-order valence-corrected chi connectivity index (χ1v) is 10.6. The second kappa shape index (κ2) is 7.22. The lowest BCUT2D eigenvalue weighted by atomic mass is 10.1. The molecule has 2 unspecified atom stereocenters. The fourth-order valence-electron chi connectivity index (χ4n) is 4.31. The normalized spacial score (nSPS) is 21.2. The van der Waals surface area contributed by atoms with Crippen LogP contribution in [0.15, 0.2) is 35.2 Å². The molecule has 1 saturated carbocycles. The van der Waals surface area contributed by atoms with Gasteiger partial charge in [0.1, 0.15) is 11.1 Å². The second-order valence-electron chi connectivity index (χ2n) is 8.29. The van der Waals surface area contributed by atoms with E-state index in [1.54, 1.807) is 12.4 Å². The number of pyridine rings is 2. The zero-order chi connectivity index (χ0) is 21.9. The molecule has 3 aliphatic rings. The molecule has 5 nitrogen and oxygen atoms in total. The van der Waals surface area contributed by atoms with Crippen LogP contribution < -0.4 is 5.01 Å². The maximum atomic E-state index is 13.0. The molecule has 0 N–H and O–H groups in total. The third-order valence-electron chi connectivity index (χ3n) is 6.15. The Kier molecular flexibility index (Phi) is 4.73. The molecule has 0 aromatic carbocycles. The Bertz CT molecular complexity index is 1100. The van der Waals surface area contributed by atoms with Crippen molar-refractivity contribution in [3.05, 3.63) is 57.5 Å². The number of hydrazone groups is 1. The molecule has 1 aliphatic carbocycles. The summed E-state index contributed by atoms with van der Waals surface area (Å²) in [5, 5.41) is 5.79. The van der Waals surface area contributed by atoms with Crippen LogP contribution in [0.1, 0.15) is 48.1 Å². The lowest BCUT2D eigenvalue weighted by molar-refractivity contribution is -0.150. The van der Waals surface area contributed by atoms with E-state index in [2.05, 4.69) is 26.9 Å². The molecule has 162 valence electrons. The van der Waals surface area contributed by atoms with E-state index in [-0.39, 0.29) is 12.6 Å². The molecule has 2 atom stereocenters. The van der Waals surface area contributed by atoms with Crippen molar-refractivity contribution in [3.8, 4) is 0 Å². The number of nitrogens with zero attached hydrogens (tertiary/aromatic N) is 5. The number of hydrogen-bond donors (Lipinski definition) is 0. The fraction of sp³-hybridized carbons (Fsp3) is 0.409. The summed E-state index contributed by atoms with van der Waals surface area (Å²) in [5.41, 5.74) is 6.61. The molecular weight excluding hydrogens is 427 g/mol. The number of aryl methyl sites for hydroxylation is 1. The van der Waals surface area contributed by atoms with Gasteiger partial charge in [0, 0.05) is 42.0 Å². The summed E-state index contributed by atoms with van der Waals surface area (Å²) in [6.07, 6.45) is 2.30. The van der Waals surface area contributed by atoms with Crippen molar-refractivity contribution in [2.45, 2.75) is 45.5 Å². The highest BCUT2D eigenvalue weighted by Crippen LogP contribution is 2.48. The van der Waals surface area contributed by atoms with Crippen LogP contribution in [0.5, 0.6) is 0 Å². The van der Waals surface area contributed by atoms with Gasteiger partial charge < -0.3 is 4.90 Å². The molecule has 0 spiro atoms. The standard InChI is InChI=1S/C22H21ClF3N5/c1-12-7-15(8-28-21(12)31-10-16(9-29-31)22(24,25)26)13(2)30-11-18-17(5-6-27-20(18)23)19(30)14-3-4-14/h5-9,13,16H,3-4,10-11H2,1-2H3.